The minimum absolute atomic E-state index is 0.00561. The van der Waals surface area contributed by atoms with Gasteiger partial charge in [0.2, 0.25) is 5.91 Å². The van der Waals surface area contributed by atoms with E-state index in [1.807, 2.05) is 48.5 Å². The lowest BCUT2D eigenvalue weighted by Gasteiger charge is -2.11. The SMILES string of the molecule is O=C(NCc1cccc(Br)c1)C1CC(c2ccc(Cl)cc2)NN1. The molecule has 1 heterocycles. The molecule has 0 spiro atoms. The van der Waals surface area contributed by atoms with Crippen LogP contribution < -0.4 is 16.2 Å². The van der Waals surface area contributed by atoms with Gasteiger partial charge in [-0.1, -0.05) is 51.8 Å². The molecular formula is C17H17BrClN3O. The zero-order valence-electron chi connectivity index (χ0n) is 12.4. The second kappa shape index (κ2) is 7.45. The van der Waals surface area contributed by atoms with Crippen molar-refractivity contribution in [3.05, 3.63) is 69.2 Å². The molecule has 0 aliphatic carbocycles. The van der Waals surface area contributed by atoms with Crippen LogP contribution in [-0.2, 0) is 11.3 Å². The van der Waals surface area contributed by atoms with E-state index in [1.54, 1.807) is 0 Å². The van der Waals surface area contributed by atoms with Gasteiger partial charge in [-0.05, 0) is 41.8 Å². The van der Waals surface area contributed by atoms with Crippen molar-refractivity contribution in [3.8, 4) is 0 Å². The molecule has 1 fully saturated rings. The van der Waals surface area contributed by atoms with Gasteiger partial charge in [0.15, 0.2) is 0 Å². The van der Waals surface area contributed by atoms with Crippen molar-refractivity contribution in [2.75, 3.05) is 0 Å². The minimum atomic E-state index is -0.247. The summed E-state index contributed by atoms with van der Waals surface area (Å²) in [7, 11) is 0. The lowest BCUT2D eigenvalue weighted by atomic mass is 10.0. The number of carbonyl (C=O) groups excluding carboxylic acids is 1. The number of rotatable bonds is 4. The summed E-state index contributed by atoms with van der Waals surface area (Å²) in [5, 5.41) is 3.68. The molecule has 0 bridgehead atoms. The van der Waals surface area contributed by atoms with E-state index >= 15 is 0 Å². The van der Waals surface area contributed by atoms with Gasteiger partial charge in [-0.2, -0.15) is 0 Å². The topological polar surface area (TPSA) is 53.2 Å². The lowest BCUT2D eigenvalue weighted by molar-refractivity contribution is -0.123. The standard InChI is InChI=1S/C17H17BrClN3O/c18-13-3-1-2-11(8-13)10-20-17(23)16-9-15(21-22-16)12-4-6-14(19)7-5-12/h1-8,15-16,21-22H,9-10H2,(H,20,23). The summed E-state index contributed by atoms with van der Waals surface area (Å²) in [4.78, 5) is 12.3. The molecule has 3 rings (SSSR count). The van der Waals surface area contributed by atoms with Crippen LogP contribution in [0.15, 0.2) is 53.0 Å². The minimum Gasteiger partial charge on any atom is -0.351 e. The van der Waals surface area contributed by atoms with E-state index in [1.165, 1.54) is 0 Å². The van der Waals surface area contributed by atoms with Gasteiger partial charge in [0.05, 0.1) is 0 Å². The first-order chi connectivity index (χ1) is 11.1. The summed E-state index contributed by atoms with van der Waals surface area (Å²) in [6.07, 6.45) is 0.700. The van der Waals surface area contributed by atoms with Crippen LogP contribution in [0.3, 0.4) is 0 Å². The van der Waals surface area contributed by atoms with Crippen molar-refractivity contribution in [2.45, 2.75) is 25.0 Å². The van der Waals surface area contributed by atoms with E-state index < -0.39 is 0 Å². The first-order valence-corrected chi connectivity index (χ1v) is 8.57. The summed E-state index contributed by atoms with van der Waals surface area (Å²) in [5.74, 6) is -0.00561. The number of hydrazine groups is 1. The summed E-state index contributed by atoms with van der Waals surface area (Å²) >= 11 is 9.33. The van der Waals surface area contributed by atoms with Crippen LogP contribution in [0, 0.1) is 0 Å². The molecular weight excluding hydrogens is 378 g/mol. The smallest absolute Gasteiger partial charge is 0.238 e. The first kappa shape index (κ1) is 16.5. The van der Waals surface area contributed by atoms with E-state index in [4.69, 9.17) is 11.6 Å². The summed E-state index contributed by atoms with van der Waals surface area (Å²) < 4.78 is 1.01. The van der Waals surface area contributed by atoms with Crippen molar-refractivity contribution in [3.63, 3.8) is 0 Å². The zero-order chi connectivity index (χ0) is 16.2. The predicted molar refractivity (Wildman–Crippen MR) is 94.9 cm³/mol. The normalized spacial score (nSPS) is 20.4. The van der Waals surface area contributed by atoms with Crippen LogP contribution in [0.5, 0.6) is 0 Å². The molecule has 2 unspecified atom stereocenters. The van der Waals surface area contributed by atoms with Gasteiger partial charge in [0.1, 0.15) is 6.04 Å². The van der Waals surface area contributed by atoms with Crippen LogP contribution in [-0.4, -0.2) is 11.9 Å². The van der Waals surface area contributed by atoms with Gasteiger partial charge >= 0.3 is 0 Å². The number of hydrogen-bond acceptors (Lipinski definition) is 3. The van der Waals surface area contributed by atoms with E-state index in [0.717, 1.165) is 15.6 Å². The van der Waals surface area contributed by atoms with Crippen molar-refractivity contribution in [2.24, 2.45) is 0 Å². The molecule has 3 N–H and O–H groups in total. The monoisotopic (exact) mass is 393 g/mol. The number of carbonyl (C=O) groups is 1. The number of benzene rings is 2. The summed E-state index contributed by atoms with van der Waals surface area (Å²) in [6.45, 7) is 0.516. The summed E-state index contributed by atoms with van der Waals surface area (Å²) in [6, 6.07) is 15.4. The number of halogens is 2. The third-order valence-corrected chi connectivity index (χ3v) is 4.59. The Balaban J connectivity index is 1.54. The van der Waals surface area contributed by atoms with Gasteiger partial charge in [-0.15, -0.1) is 0 Å². The van der Waals surface area contributed by atoms with Gasteiger partial charge in [-0.25, -0.2) is 10.9 Å². The van der Waals surface area contributed by atoms with E-state index in [-0.39, 0.29) is 18.0 Å². The molecule has 1 saturated heterocycles. The Morgan fingerprint density at radius 1 is 1.22 bits per heavy atom. The molecule has 6 heteroatoms. The zero-order valence-corrected chi connectivity index (χ0v) is 14.7. The molecule has 120 valence electrons. The van der Waals surface area contributed by atoms with E-state index in [2.05, 4.69) is 32.1 Å². The Hall–Kier alpha value is -1.40. The van der Waals surface area contributed by atoms with Crippen LogP contribution in [0.4, 0.5) is 0 Å². The Morgan fingerprint density at radius 2 is 2.00 bits per heavy atom. The average molecular weight is 395 g/mol. The third-order valence-electron chi connectivity index (χ3n) is 3.85. The van der Waals surface area contributed by atoms with Crippen molar-refractivity contribution >= 4 is 33.4 Å². The van der Waals surface area contributed by atoms with Crippen LogP contribution >= 0.6 is 27.5 Å². The lowest BCUT2D eigenvalue weighted by Crippen LogP contribution is -2.42. The predicted octanol–water partition coefficient (Wildman–Crippen LogP) is 3.33. The Bertz CT molecular complexity index is 692. The number of nitrogens with one attached hydrogen (secondary N) is 3. The molecule has 0 aromatic heterocycles. The molecule has 2 aromatic carbocycles. The fourth-order valence-electron chi connectivity index (χ4n) is 2.60. The average Bonchev–Trinajstić information content (AvgIpc) is 3.03. The Labute approximate surface area is 148 Å². The highest BCUT2D eigenvalue weighted by molar-refractivity contribution is 9.10. The molecule has 0 radical (unpaired) electrons. The van der Waals surface area contributed by atoms with Crippen molar-refractivity contribution in [1.82, 2.24) is 16.2 Å². The molecule has 0 saturated carbocycles. The highest BCUT2D eigenvalue weighted by Gasteiger charge is 2.29. The van der Waals surface area contributed by atoms with Gasteiger partial charge in [-0.3, -0.25) is 4.79 Å². The number of amides is 1. The van der Waals surface area contributed by atoms with Crippen molar-refractivity contribution in [1.29, 1.82) is 0 Å². The maximum absolute atomic E-state index is 12.3. The van der Waals surface area contributed by atoms with Crippen LogP contribution in [0.25, 0.3) is 0 Å². The highest BCUT2D eigenvalue weighted by atomic mass is 79.9. The molecule has 4 nitrogen and oxygen atoms in total. The first-order valence-electron chi connectivity index (χ1n) is 7.40. The Morgan fingerprint density at radius 3 is 2.74 bits per heavy atom. The largest absolute Gasteiger partial charge is 0.351 e. The van der Waals surface area contributed by atoms with Crippen molar-refractivity contribution < 1.29 is 4.79 Å². The van der Waals surface area contributed by atoms with Gasteiger partial charge < -0.3 is 5.32 Å². The van der Waals surface area contributed by atoms with Gasteiger partial charge in [0.25, 0.3) is 0 Å². The van der Waals surface area contributed by atoms with Crippen LogP contribution in [0.1, 0.15) is 23.6 Å². The van der Waals surface area contributed by atoms with E-state index in [0.29, 0.717) is 18.0 Å². The number of hydrogen-bond donors (Lipinski definition) is 3. The van der Waals surface area contributed by atoms with E-state index in [9.17, 15) is 4.79 Å². The molecule has 1 amide bonds. The molecule has 2 atom stereocenters. The molecule has 2 aromatic rings. The quantitative estimate of drug-likeness (QED) is 0.745. The Kier molecular flexibility index (Phi) is 5.33. The molecule has 1 aliphatic heterocycles. The second-order valence-electron chi connectivity index (χ2n) is 5.53. The third kappa shape index (κ3) is 4.32. The summed E-state index contributed by atoms with van der Waals surface area (Å²) in [5.41, 5.74) is 8.41. The fraction of sp³-hybridized carbons (Fsp3) is 0.235. The maximum atomic E-state index is 12.3. The maximum Gasteiger partial charge on any atom is 0.238 e. The molecule has 1 aliphatic rings. The van der Waals surface area contributed by atoms with Crippen LogP contribution in [0.2, 0.25) is 5.02 Å². The highest BCUT2D eigenvalue weighted by Crippen LogP contribution is 2.23. The second-order valence-corrected chi connectivity index (χ2v) is 6.88. The fourth-order valence-corrected chi connectivity index (χ4v) is 3.17. The molecule has 23 heavy (non-hydrogen) atoms. The van der Waals surface area contributed by atoms with Gasteiger partial charge in [0, 0.05) is 22.1 Å².